The van der Waals surface area contributed by atoms with E-state index >= 15 is 0 Å². The third-order valence-corrected chi connectivity index (χ3v) is 3.76. The van der Waals surface area contributed by atoms with Crippen LogP contribution in [0.5, 0.6) is 0 Å². The molecule has 0 aromatic heterocycles. The van der Waals surface area contributed by atoms with E-state index in [1.165, 1.54) is 0 Å². The Morgan fingerprint density at radius 3 is 2.65 bits per heavy atom. The Balaban J connectivity index is 2.00. The van der Waals surface area contributed by atoms with Gasteiger partial charge in [0.05, 0.1) is 11.8 Å². The number of carboxylic acid groups (broad SMARTS) is 1. The first kappa shape index (κ1) is 12.1. The molecule has 17 heavy (non-hydrogen) atoms. The number of carboxylic acids is 1. The van der Waals surface area contributed by atoms with Crippen molar-refractivity contribution in [3.05, 3.63) is 28.2 Å². The molecule has 1 saturated carbocycles. The largest absolute Gasteiger partial charge is 0.481 e. The van der Waals surface area contributed by atoms with Crippen LogP contribution in [0.4, 0.5) is 5.69 Å². The lowest BCUT2D eigenvalue weighted by Gasteiger charge is -2.06. The molecule has 1 aromatic rings. The van der Waals surface area contributed by atoms with Crippen molar-refractivity contribution in [3.63, 3.8) is 0 Å². The van der Waals surface area contributed by atoms with Gasteiger partial charge in [-0.1, -0.05) is 15.9 Å². The zero-order chi connectivity index (χ0) is 12.6. The smallest absolute Gasteiger partial charge is 0.307 e. The van der Waals surface area contributed by atoms with Gasteiger partial charge in [0, 0.05) is 10.2 Å². The van der Waals surface area contributed by atoms with E-state index in [4.69, 9.17) is 5.11 Å². The fourth-order valence-corrected chi connectivity index (χ4v) is 1.96. The van der Waals surface area contributed by atoms with Crippen molar-refractivity contribution in [2.24, 2.45) is 11.8 Å². The van der Waals surface area contributed by atoms with Gasteiger partial charge >= 0.3 is 5.97 Å². The van der Waals surface area contributed by atoms with Gasteiger partial charge in [-0.05, 0) is 37.1 Å². The molecule has 0 radical (unpaired) electrons. The minimum atomic E-state index is -0.892. The Hall–Kier alpha value is -1.36. The van der Waals surface area contributed by atoms with E-state index in [0.717, 1.165) is 10.0 Å². The number of carbonyl (C=O) groups excluding carboxylic acids is 1. The molecule has 0 spiro atoms. The van der Waals surface area contributed by atoms with Crippen molar-refractivity contribution in [1.82, 2.24) is 0 Å². The first-order valence-electron chi connectivity index (χ1n) is 5.29. The Morgan fingerprint density at radius 1 is 1.41 bits per heavy atom. The average molecular weight is 298 g/mol. The van der Waals surface area contributed by atoms with Crippen LogP contribution in [0.2, 0.25) is 0 Å². The molecule has 2 unspecified atom stereocenters. The standard InChI is InChI=1S/C12H12BrNO3/c1-6-4-7(2-3-10(6)13)14-11(15)8-5-9(8)12(16)17/h2-4,8-9H,5H2,1H3,(H,14,15)(H,16,17). The van der Waals surface area contributed by atoms with Gasteiger partial charge in [-0.2, -0.15) is 0 Å². The number of amides is 1. The molecule has 1 aliphatic rings. The average Bonchev–Trinajstić information content (AvgIpc) is 3.03. The first-order chi connectivity index (χ1) is 7.99. The molecule has 1 aliphatic carbocycles. The summed E-state index contributed by atoms with van der Waals surface area (Å²) in [5, 5.41) is 11.5. The van der Waals surface area contributed by atoms with Gasteiger partial charge < -0.3 is 10.4 Å². The number of aryl methyl sites for hydroxylation is 1. The predicted octanol–water partition coefficient (Wildman–Crippen LogP) is 2.42. The summed E-state index contributed by atoms with van der Waals surface area (Å²) in [5.41, 5.74) is 1.72. The van der Waals surface area contributed by atoms with Crippen molar-refractivity contribution in [3.8, 4) is 0 Å². The topological polar surface area (TPSA) is 66.4 Å². The monoisotopic (exact) mass is 297 g/mol. The number of hydrogen-bond acceptors (Lipinski definition) is 2. The summed E-state index contributed by atoms with van der Waals surface area (Å²) in [6.07, 6.45) is 0.441. The highest BCUT2D eigenvalue weighted by atomic mass is 79.9. The lowest BCUT2D eigenvalue weighted by molar-refractivity contribution is -0.139. The summed E-state index contributed by atoms with van der Waals surface area (Å²) in [6.45, 7) is 1.93. The summed E-state index contributed by atoms with van der Waals surface area (Å²) in [4.78, 5) is 22.3. The molecule has 2 N–H and O–H groups in total. The van der Waals surface area contributed by atoms with Gasteiger partial charge in [-0.3, -0.25) is 9.59 Å². The van der Waals surface area contributed by atoms with Crippen LogP contribution in [0.15, 0.2) is 22.7 Å². The molecule has 0 bridgehead atoms. The third kappa shape index (κ3) is 2.66. The lowest BCUT2D eigenvalue weighted by atomic mass is 10.2. The number of hydrogen-bond donors (Lipinski definition) is 2. The van der Waals surface area contributed by atoms with Gasteiger partial charge in [0.15, 0.2) is 0 Å². The minimum absolute atomic E-state index is 0.209. The normalized spacial score (nSPS) is 22.0. The Kier molecular flexibility index (Phi) is 3.19. The maximum Gasteiger partial charge on any atom is 0.307 e. The molecule has 0 heterocycles. The zero-order valence-electron chi connectivity index (χ0n) is 9.24. The highest BCUT2D eigenvalue weighted by Crippen LogP contribution is 2.39. The number of benzene rings is 1. The van der Waals surface area contributed by atoms with Crippen LogP contribution in [0, 0.1) is 18.8 Å². The highest BCUT2D eigenvalue weighted by Gasteiger charge is 2.48. The van der Waals surface area contributed by atoms with Crippen LogP contribution in [0.25, 0.3) is 0 Å². The van der Waals surface area contributed by atoms with Gasteiger partial charge in [-0.15, -0.1) is 0 Å². The second-order valence-corrected chi connectivity index (χ2v) is 5.09. The lowest BCUT2D eigenvalue weighted by Crippen LogP contribution is -2.16. The summed E-state index contributed by atoms with van der Waals surface area (Å²) >= 11 is 3.38. The fourth-order valence-electron chi connectivity index (χ4n) is 1.72. The summed E-state index contributed by atoms with van der Waals surface area (Å²) in [6, 6.07) is 5.49. The quantitative estimate of drug-likeness (QED) is 0.900. The zero-order valence-corrected chi connectivity index (χ0v) is 10.8. The highest BCUT2D eigenvalue weighted by molar-refractivity contribution is 9.10. The van der Waals surface area contributed by atoms with Crippen molar-refractivity contribution >= 4 is 33.5 Å². The van der Waals surface area contributed by atoms with E-state index in [1.807, 2.05) is 19.1 Å². The summed E-state index contributed by atoms with van der Waals surface area (Å²) in [5.74, 6) is -1.99. The fraction of sp³-hybridized carbons (Fsp3) is 0.333. The van der Waals surface area contributed by atoms with Crippen molar-refractivity contribution in [2.45, 2.75) is 13.3 Å². The number of carbonyl (C=O) groups is 2. The SMILES string of the molecule is Cc1cc(NC(=O)C2CC2C(=O)O)ccc1Br. The Labute approximate surface area is 107 Å². The number of nitrogens with one attached hydrogen (secondary N) is 1. The number of aliphatic carboxylic acids is 1. The molecule has 1 aromatic carbocycles. The van der Waals surface area contributed by atoms with Gasteiger partial charge in [0.1, 0.15) is 0 Å². The molecule has 0 saturated heterocycles. The molecule has 90 valence electrons. The molecule has 0 aliphatic heterocycles. The minimum Gasteiger partial charge on any atom is -0.481 e. The van der Waals surface area contributed by atoms with E-state index in [1.54, 1.807) is 6.07 Å². The van der Waals surface area contributed by atoms with E-state index < -0.39 is 11.9 Å². The molecule has 2 rings (SSSR count). The first-order valence-corrected chi connectivity index (χ1v) is 6.08. The molecule has 5 heteroatoms. The third-order valence-electron chi connectivity index (χ3n) is 2.87. The number of halogens is 1. The Morgan fingerprint density at radius 2 is 2.12 bits per heavy atom. The predicted molar refractivity (Wildman–Crippen MR) is 66.7 cm³/mol. The van der Waals surface area contributed by atoms with Crippen LogP contribution >= 0.6 is 15.9 Å². The summed E-state index contributed by atoms with van der Waals surface area (Å²) < 4.78 is 0.977. The number of anilines is 1. The molecular weight excluding hydrogens is 286 g/mol. The van der Waals surface area contributed by atoms with Crippen LogP contribution in [-0.4, -0.2) is 17.0 Å². The Bertz CT molecular complexity index is 487. The molecular formula is C12H12BrNO3. The maximum atomic E-state index is 11.7. The molecule has 2 atom stereocenters. The number of rotatable bonds is 3. The van der Waals surface area contributed by atoms with Gasteiger partial charge in [-0.25, -0.2) is 0 Å². The molecule has 1 fully saturated rings. The van der Waals surface area contributed by atoms with E-state index in [-0.39, 0.29) is 11.8 Å². The van der Waals surface area contributed by atoms with Crippen molar-refractivity contribution in [1.29, 1.82) is 0 Å². The van der Waals surface area contributed by atoms with E-state index in [0.29, 0.717) is 12.1 Å². The van der Waals surface area contributed by atoms with Crippen LogP contribution < -0.4 is 5.32 Å². The second kappa shape index (κ2) is 4.49. The van der Waals surface area contributed by atoms with Crippen molar-refractivity contribution in [2.75, 3.05) is 5.32 Å². The van der Waals surface area contributed by atoms with E-state index in [9.17, 15) is 9.59 Å². The second-order valence-electron chi connectivity index (χ2n) is 4.24. The van der Waals surface area contributed by atoms with Gasteiger partial charge in [0.2, 0.25) is 5.91 Å². The molecule has 4 nitrogen and oxygen atoms in total. The maximum absolute atomic E-state index is 11.7. The van der Waals surface area contributed by atoms with E-state index in [2.05, 4.69) is 21.2 Å². The van der Waals surface area contributed by atoms with Crippen LogP contribution in [0.1, 0.15) is 12.0 Å². The van der Waals surface area contributed by atoms with Crippen LogP contribution in [0.3, 0.4) is 0 Å². The van der Waals surface area contributed by atoms with Crippen LogP contribution in [-0.2, 0) is 9.59 Å². The van der Waals surface area contributed by atoms with Gasteiger partial charge in [0.25, 0.3) is 0 Å². The summed E-state index contributed by atoms with van der Waals surface area (Å²) in [7, 11) is 0. The van der Waals surface area contributed by atoms with Crippen molar-refractivity contribution < 1.29 is 14.7 Å². The molecule has 1 amide bonds.